The highest BCUT2D eigenvalue weighted by atomic mass is 16.5. The Balaban J connectivity index is 1.48. The van der Waals surface area contributed by atoms with E-state index in [1.54, 1.807) is 4.90 Å². The van der Waals surface area contributed by atoms with Crippen molar-refractivity contribution in [1.82, 2.24) is 4.98 Å². The van der Waals surface area contributed by atoms with Crippen molar-refractivity contribution in [2.45, 2.75) is 59.5 Å². The minimum Gasteiger partial charge on any atom is -0.378 e. The summed E-state index contributed by atoms with van der Waals surface area (Å²) in [5, 5.41) is 0.827. The second kappa shape index (κ2) is 7.10. The van der Waals surface area contributed by atoms with E-state index in [2.05, 4.69) is 55.8 Å². The summed E-state index contributed by atoms with van der Waals surface area (Å²) in [6, 6.07) is 6.95. The summed E-state index contributed by atoms with van der Waals surface area (Å²) in [5.74, 6) is 0. The Kier molecular flexibility index (Phi) is 4.75. The van der Waals surface area contributed by atoms with Crippen molar-refractivity contribution in [2.24, 2.45) is 10.8 Å². The summed E-state index contributed by atoms with van der Waals surface area (Å²) in [7, 11) is 0. The first kappa shape index (κ1) is 20.1. The quantitative estimate of drug-likeness (QED) is 0.818. The van der Waals surface area contributed by atoms with Crippen LogP contribution in [0.3, 0.4) is 0 Å². The number of pyridine rings is 1. The molecule has 162 valence electrons. The van der Waals surface area contributed by atoms with E-state index in [4.69, 9.17) is 4.74 Å². The van der Waals surface area contributed by atoms with Gasteiger partial charge in [0.1, 0.15) is 6.54 Å². The van der Waals surface area contributed by atoms with Gasteiger partial charge in [0.25, 0.3) is 0 Å². The van der Waals surface area contributed by atoms with Gasteiger partial charge in [-0.25, -0.2) is 0 Å². The van der Waals surface area contributed by atoms with Crippen LogP contribution in [0.5, 0.6) is 0 Å². The summed E-state index contributed by atoms with van der Waals surface area (Å²) < 4.78 is 5.49. The highest BCUT2D eigenvalue weighted by Gasteiger charge is 2.52. The molecule has 1 aromatic heterocycles. The summed E-state index contributed by atoms with van der Waals surface area (Å²) in [4.78, 5) is 21.1. The largest absolute Gasteiger partial charge is 0.378 e. The number of benzene rings is 1. The molecule has 2 bridgehead atoms. The third-order valence-corrected chi connectivity index (χ3v) is 7.75. The van der Waals surface area contributed by atoms with Crippen molar-refractivity contribution < 1.29 is 9.64 Å². The normalized spacial score (nSPS) is 30.7. The number of quaternary nitrogens is 1. The van der Waals surface area contributed by atoms with Crippen molar-refractivity contribution in [1.29, 1.82) is 0 Å². The molecule has 3 heterocycles. The number of rotatable bonds is 3. The van der Waals surface area contributed by atoms with Gasteiger partial charge in [0.05, 0.1) is 31.4 Å². The predicted octanol–water partition coefficient (Wildman–Crippen LogP) is 2.66. The zero-order valence-corrected chi connectivity index (χ0v) is 18.9. The van der Waals surface area contributed by atoms with Crippen molar-refractivity contribution in [3.8, 4) is 0 Å². The number of likely N-dealkylation sites (tertiary alicyclic amines) is 1. The number of nitrogens with zero attached hydrogens (tertiary/aromatic N) is 1. The highest BCUT2D eigenvalue weighted by Crippen LogP contribution is 2.47. The van der Waals surface area contributed by atoms with Crippen LogP contribution in [-0.2, 0) is 11.3 Å². The maximum Gasteiger partial charge on any atom is 0.198 e. The number of aromatic amines is 1. The molecule has 5 heteroatoms. The molecule has 1 unspecified atom stereocenters. The van der Waals surface area contributed by atoms with Crippen LogP contribution in [-0.4, -0.2) is 43.9 Å². The predicted molar refractivity (Wildman–Crippen MR) is 121 cm³/mol. The Bertz CT molecular complexity index is 1020. The van der Waals surface area contributed by atoms with E-state index in [0.717, 1.165) is 60.7 Å². The molecule has 2 N–H and O–H groups in total. The Labute approximate surface area is 179 Å². The average Bonchev–Trinajstić information content (AvgIpc) is 2.93. The van der Waals surface area contributed by atoms with Crippen LogP contribution in [0.2, 0.25) is 0 Å². The molecule has 3 atom stereocenters. The minimum atomic E-state index is 0.217. The fraction of sp³-hybridized carbons (Fsp3) is 0.640. The van der Waals surface area contributed by atoms with Crippen molar-refractivity contribution in [3.63, 3.8) is 0 Å². The van der Waals surface area contributed by atoms with Crippen LogP contribution < -0.4 is 15.2 Å². The lowest BCUT2D eigenvalue weighted by molar-refractivity contribution is -0.928. The van der Waals surface area contributed by atoms with Crippen LogP contribution in [0.25, 0.3) is 10.9 Å². The first-order valence-electron chi connectivity index (χ1n) is 11.6. The lowest BCUT2D eigenvalue weighted by atomic mass is 9.65. The Morgan fingerprint density at radius 1 is 1.20 bits per heavy atom. The summed E-state index contributed by atoms with van der Waals surface area (Å²) in [6.07, 6.45) is 3.87. The molecule has 3 fully saturated rings. The first-order chi connectivity index (χ1) is 14.2. The van der Waals surface area contributed by atoms with Gasteiger partial charge in [-0.05, 0) is 37.0 Å². The molecular weight excluding hydrogens is 374 g/mol. The summed E-state index contributed by atoms with van der Waals surface area (Å²) >= 11 is 0. The number of hydrogen-bond donors (Lipinski definition) is 2. The van der Waals surface area contributed by atoms with Gasteiger partial charge in [0.2, 0.25) is 0 Å². The standard InChI is InChI=1S/C25H35N3O2/c1-17-21(14-28-16-25(4)13-19(28)12-24(2,3)15-25)23(29)20-11-18(5-6-22(20)26-17)27-7-9-30-10-8-27/h5-6,11,19H,7-10,12-16H2,1-4H3,(H,26,29)/p+1/t19-,25-/m0/s1. The van der Waals surface area contributed by atoms with E-state index in [9.17, 15) is 4.79 Å². The van der Waals surface area contributed by atoms with Gasteiger partial charge in [-0.2, -0.15) is 0 Å². The molecule has 0 spiro atoms. The lowest BCUT2D eigenvalue weighted by Gasteiger charge is -2.37. The van der Waals surface area contributed by atoms with Crippen LogP contribution >= 0.6 is 0 Å². The van der Waals surface area contributed by atoms with E-state index in [1.165, 1.54) is 25.8 Å². The van der Waals surface area contributed by atoms with Crippen LogP contribution in [0, 0.1) is 17.8 Å². The molecule has 2 saturated heterocycles. The number of anilines is 1. The molecule has 5 nitrogen and oxygen atoms in total. The number of fused-ring (bicyclic) bond motifs is 3. The zero-order valence-electron chi connectivity index (χ0n) is 18.9. The van der Waals surface area contributed by atoms with E-state index in [0.29, 0.717) is 16.9 Å². The SMILES string of the molecule is Cc1[nH]c2ccc(N3CCOCC3)cc2c(=O)c1C[NH+]1C[C@@]2(C)C[C@@H]1CC(C)(C)C2. The molecular formula is C25H36N3O2+. The molecule has 5 rings (SSSR count). The molecule has 1 aliphatic carbocycles. The number of hydrogen-bond acceptors (Lipinski definition) is 3. The second-order valence-electron chi connectivity index (χ2n) is 11.2. The van der Waals surface area contributed by atoms with Crippen molar-refractivity contribution in [3.05, 3.63) is 39.7 Å². The molecule has 1 aromatic carbocycles. The molecule has 2 aromatic rings. The number of morpholine rings is 1. The maximum atomic E-state index is 13.6. The number of nitrogens with one attached hydrogen (secondary N) is 2. The summed E-state index contributed by atoms with van der Waals surface area (Å²) in [5.41, 5.74) is 5.14. The monoisotopic (exact) mass is 410 g/mol. The maximum absolute atomic E-state index is 13.6. The van der Waals surface area contributed by atoms with Crippen molar-refractivity contribution >= 4 is 16.6 Å². The van der Waals surface area contributed by atoms with E-state index in [-0.39, 0.29) is 5.43 Å². The fourth-order valence-electron chi connectivity index (χ4n) is 6.85. The Morgan fingerprint density at radius 3 is 2.73 bits per heavy atom. The van der Waals surface area contributed by atoms with Gasteiger partial charge >= 0.3 is 0 Å². The van der Waals surface area contributed by atoms with Crippen LogP contribution in [0.4, 0.5) is 5.69 Å². The highest BCUT2D eigenvalue weighted by molar-refractivity contribution is 5.83. The first-order valence-corrected chi connectivity index (χ1v) is 11.6. The lowest BCUT2D eigenvalue weighted by Crippen LogP contribution is -3.12. The van der Waals surface area contributed by atoms with Gasteiger partial charge < -0.3 is 19.5 Å². The van der Waals surface area contributed by atoms with Gasteiger partial charge in [-0.15, -0.1) is 0 Å². The molecule has 0 amide bonds. The molecule has 30 heavy (non-hydrogen) atoms. The van der Waals surface area contributed by atoms with E-state index < -0.39 is 0 Å². The van der Waals surface area contributed by atoms with Gasteiger partial charge in [0, 0.05) is 53.6 Å². The van der Waals surface area contributed by atoms with Gasteiger partial charge in [0.15, 0.2) is 5.43 Å². The molecule has 0 radical (unpaired) electrons. The average molecular weight is 411 g/mol. The smallest absolute Gasteiger partial charge is 0.198 e. The van der Waals surface area contributed by atoms with E-state index >= 15 is 0 Å². The van der Waals surface area contributed by atoms with Crippen LogP contribution in [0.1, 0.15) is 51.3 Å². The van der Waals surface area contributed by atoms with Gasteiger partial charge in [-0.1, -0.05) is 20.8 Å². The number of H-pyrrole nitrogens is 1. The fourth-order valence-corrected chi connectivity index (χ4v) is 6.85. The van der Waals surface area contributed by atoms with E-state index in [1.807, 2.05) is 0 Å². The molecule has 2 aliphatic heterocycles. The molecule has 1 saturated carbocycles. The zero-order chi connectivity index (χ0) is 21.1. The number of aryl methyl sites for hydroxylation is 1. The minimum absolute atomic E-state index is 0.217. The third-order valence-electron chi connectivity index (χ3n) is 7.75. The van der Waals surface area contributed by atoms with Gasteiger partial charge in [-0.3, -0.25) is 4.79 Å². The Hall–Kier alpha value is -1.85. The number of ether oxygens (including phenoxy) is 1. The number of aromatic nitrogens is 1. The third kappa shape index (κ3) is 3.56. The summed E-state index contributed by atoms with van der Waals surface area (Å²) in [6.45, 7) is 14.7. The molecule has 3 aliphatic rings. The van der Waals surface area contributed by atoms with Crippen LogP contribution in [0.15, 0.2) is 23.0 Å². The Morgan fingerprint density at radius 2 is 1.97 bits per heavy atom. The second-order valence-corrected chi connectivity index (χ2v) is 11.2. The van der Waals surface area contributed by atoms with Crippen molar-refractivity contribution in [2.75, 3.05) is 37.7 Å². The topological polar surface area (TPSA) is 49.8 Å².